The van der Waals surface area contributed by atoms with Crippen molar-refractivity contribution in [2.75, 3.05) is 18.5 Å². The number of rotatable bonds is 4. The normalized spacial score (nSPS) is 17.7. The maximum absolute atomic E-state index is 6.25. The Morgan fingerprint density at radius 2 is 2.17 bits per heavy atom. The summed E-state index contributed by atoms with van der Waals surface area (Å²) in [5.41, 5.74) is 0.914. The number of nitrogens with zero attached hydrogens (tertiary/aromatic N) is 2. The van der Waals surface area contributed by atoms with Crippen LogP contribution < -0.4 is 5.32 Å². The number of hydrogen-bond acceptors (Lipinski definition) is 5. The van der Waals surface area contributed by atoms with Crippen LogP contribution in [-0.4, -0.2) is 29.2 Å². The second-order valence-electron chi connectivity index (χ2n) is 5.53. The van der Waals surface area contributed by atoms with Gasteiger partial charge in [0.1, 0.15) is 5.82 Å². The molecule has 23 heavy (non-hydrogen) atoms. The molecule has 1 atom stereocenters. The number of thiophene rings is 1. The molecule has 1 aliphatic rings. The van der Waals surface area contributed by atoms with E-state index in [4.69, 9.17) is 21.3 Å². The third-order valence-corrected chi connectivity index (χ3v) is 5.28. The van der Waals surface area contributed by atoms with E-state index in [2.05, 4.69) is 10.3 Å². The largest absolute Gasteiger partial charge is 0.376 e. The Morgan fingerprint density at radius 3 is 2.96 bits per heavy atom. The van der Waals surface area contributed by atoms with Gasteiger partial charge >= 0.3 is 0 Å². The van der Waals surface area contributed by atoms with Crippen molar-refractivity contribution in [2.45, 2.75) is 18.9 Å². The highest BCUT2D eigenvalue weighted by Gasteiger charge is 2.17. The molecule has 3 heterocycles. The van der Waals surface area contributed by atoms with Crippen molar-refractivity contribution in [3.05, 3.63) is 40.7 Å². The van der Waals surface area contributed by atoms with Crippen molar-refractivity contribution in [2.24, 2.45) is 0 Å². The first kappa shape index (κ1) is 14.9. The predicted molar refractivity (Wildman–Crippen MR) is 95.3 cm³/mol. The highest BCUT2D eigenvalue weighted by atomic mass is 35.5. The number of ether oxygens (including phenoxy) is 1. The van der Waals surface area contributed by atoms with E-state index in [1.54, 1.807) is 11.3 Å². The molecule has 1 aromatic carbocycles. The minimum atomic E-state index is 0.262. The van der Waals surface area contributed by atoms with E-state index in [9.17, 15) is 0 Å². The zero-order chi connectivity index (χ0) is 15.6. The highest BCUT2D eigenvalue weighted by molar-refractivity contribution is 7.14. The van der Waals surface area contributed by atoms with Gasteiger partial charge in [0.05, 0.1) is 21.5 Å². The molecule has 3 aromatic rings. The lowest BCUT2D eigenvalue weighted by Gasteiger charge is -2.14. The molecule has 0 radical (unpaired) electrons. The molecule has 2 aromatic heterocycles. The number of benzene rings is 1. The van der Waals surface area contributed by atoms with Gasteiger partial charge < -0.3 is 10.1 Å². The predicted octanol–water partition coefficient (Wildman–Crippen LogP) is 4.60. The van der Waals surface area contributed by atoms with Gasteiger partial charge in [-0.1, -0.05) is 23.7 Å². The molecule has 1 unspecified atom stereocenters. The molecule has 4 rings (SSSR count). The fourth-order valence-electron chi connectivity index (χ4n) is 2.78. The molecular formula is C17H16ClN3OS. The minimum Gasteiger partial charge on any atom is -0.376 e. The van der Waals surface area contributed by atoms with Crippen LogP contribution in [0.25, 0.3) is 21.6 Å². The van der Waals surface area contributed by atoms with E-state index in [-0.39, 0.29) is 6.10 Å². The van der Waals surface area contributed by atoms with E-state index >= 15 is 0 Å². The van der Waals surface area contributed by atoms with E-state index in [0.717, 1.165) is 47.6 Å². The Hall–Kier alpha value is -1.69. The molecule has 0 amide bonds. The van der Waals surface area contributed by atoms with Crippen molar-refractivity contribution < 1.29 is 4.74 Å². The summed E-state index contributed by atoms with van der Waals surface area (Å²) in [6.07, 6.45) is 2.49. The van der Waals surface area contributed by atoms with Gasteiger partial charge in [-0.05, 0) is 36.4 Å². The summed E-state index contributed by atoms with van der Waals surface area (Å²) in [4.78, 5) is 10.3. The van der Waals surface area contributed by atoms with Crippen LogP contribution >= 0.6 is 22.9 Å². The first-order valence-corrected chi connectivity index (χ1v) is 8.92. The van der Waals surface area contributed by atoms with Gasteiger partial charge in [0.2, 0.25) is 0 Å². The number of aromatic nitrogens is 2. The van der Waals surface area contributed by atoms with Gasteiger partial charge in [0.15, 0.2) is 5.82 Å². The van der Waals surface area contributed by atoms with Gasteiger partial charge in [-0.2, -0.15) is 0 Å². The summed E-state index contributed by atoms with van der Waals surface area (Å²) in [7, 11) is 0. The topological polar surface area (TPSA) is 47.0 Å². The summed E-state index contributed by atoms with van der Waals surface area (Å²) in [6, 6.07) is 9.89. The quantitative estimate of drug-likeness (QED) is 0.750. The van der Waals surface area contributed by atoms with Crippen LogP contribution in [0.1, 0.15) is 12.8 Å². The second kappa shape index (κ2) is 6.43. The molecule has 0 bridgehead atoms. The lowest BCUT2D eigenvalue weighted by Crippen LogP contribution is -2.19. The zero-order valence-electron chi connectivity index (χ0n) is 12.5. The van der Waals surface area contributed by atoms with Gasteiger partial charge in [-0.25, -0.2) is 9.97 Å². The molecule has 4 nitrogen and oxygen atoms in total. The molecule has 0 saturated carbocycles. The second-order valence-corrected chi connectivity index (χ2v) is 6.85. The van der Waals surface area contributed by atoms with Crippen LogP contribution in [0, 0.1) is 0 Å². The molecule has 1 fully saturated rings. The highest BCUT2D eigenvalue weighted by Crippen LogP contribution is 2.33. The number of para-hydroxylation sites is 1. The Kier molecular flexibility index (Phi) is 4.16. The minimum absolute atomic E-state index is 0.262. The molecule has 1 N–H and O–H groups in total. The standard InChI is InChI=1S/C17H16ClN3OS/c18-13-7-9-23-15(13)17-20-14-6-2-1-5-12(14)16(21-17)19-10-11-4-3-8-22-11/h1-2,5-7,9,11H,3-4,8,10H2,(H,19,20,21). The monoisotopic (exact) mass is 345 g/mol. The molecule has 118 valence electrons. The molecule has 0 aliphatic carbocycles. The number of halogens is 1. The zero-order valence-corrected chi connectivity index (χ0v) is 14.0. The number of anilines is 1. The average molecular weight is 346 g/mol. The summed E-state index contributed by atoms with van der Waals surface area (Å²) < 4.78 is 5.68. The van der Waals surface area contributed by atoms with Gasteiger partial charge in [-0.3, -0.25) is 0 Å². The summed E-state index contributed by atoms with van der Waals surface area (Å²) in [5, 5.41) is 7.10. The Labute approximate surface area is 143 Å². The maximum Gasteiger partial charge on any atom is 0.173 e. The summed E-state index contributed by atoms with van der Waals surface area (Å²) >= 11 is 7.80. The van der Waals surface area contributed by atoms with E-state index in [0.29, 0.717) is 10.8 Å². The number of hydrogen-bond donors (Lipinski definition) is 1. The first-order valence-electron chi connectivity index (χ1n) is 7.67. The van der Waals surface area contributed by atoms with Crippen LogP contribution in [0.4, 0.5) is 5.82 Å². The van der Waals surface area contributed by atoms with Crippen LogP contribution in [0.15, 0.2) is 35.7 Å². The van der Waals surface area contributed by atoms with Crippen LogP contribution in [0.3, 0.4) is 0 Å². The maximum atomic E-state index is 6.25. The van der Waals surface area contributed by atoms with Crippen LogP contribution in [-0.2, 0) is 4.74 Å². The smallest absolute Gasteiger partial charge is 0.173 e. The van der Waals surface area contributed by atoms with E-state index in [1.165, 1.54) is 0 Å². The SMILES string of the molecule is Clc1ccsc1-c1nc(NCC2CCCO2)c2ccccc2n1. The third-order valence-electron chi connectivity index (χ3n) is 3.94. The fraction of sp³-hybridized carbons (Fsp3) is 0.294. The first-order chi connectivity index (χ1) is 11.3. The van der Waals surface area contributed by atoms with Gasteiger partial charge in [-0.15, -0.1) is 11.3 Å². The van der Waals surface area contributed by atoms with Crippen molar-refractivity contribution in [3.8, 4) is 10.7 Å². The van der Waals surface area contributed by atoms with Crippen molar-refractivity contribution >= 4 is 39.7 Å². The van der Waals surface area contributed by atoms with E-state index in [1.807, 2.05) is 35.7 Å². The van der Waals surface area contributed by atoms with E-state index < -0.39 is 0 Å². The molecule has 6 heteroatoms. The summed E-state index contributed by atoms with van der Waals surface area (Å²) in [6.45, 7) is 1.62. The Balaban J connectivity index is 1.73. The van der Waals surface area contributed by atoms with Crippen molar-refractivity contribution in [1.82, 2.24) is 9.97 Å². The molecule has 1 aliphatic heterocycles. The lowest BCUT2D eigenvalue weighted by atomic mass is 10.2. The van der Waals surface area contributed by atoms with Gasteiger partial charge in [0.25, 0.3) is 0 Å². The molecule has 0 spiro atoms. The number of nitrogens with one attached hydrogen (secondary N) is 1. The summed E-state index contributed by atoms with van der Waals surface area (Å²) in [5.74, 6) is 1.50. The lowest BCUT2D eigenvalue weighted by molar-refractivity contribution is 0.120. The molecule has 1 saturated heterocycles. The average Bonchev–Trinajstić information content (AvgIpc) is 3.23. The van der Waals surface area contributed by atoms with Crippen molar-refractivity contribution in [1.29, 1.82) is 0 Å². The van der Waals surface area contributed by atoms with Crippen molar-refractivity contribution in [3.63, 3.8) is 0 Å². The Bertz CT molecular complexity index is 830. The van der Waals surface area contributed by atoms with Gasteiger partial charge in [0, 0.05) is 18.5 Å². The Morgan fingerprint density at radius 1 is 1.26 bits per heavy atom. The molecular weight excluding hydrogens is 330 g/mol. The fourth-order valence-corrected chi connectivity index (χ4v) is 3.86. The van der Waals surface area contributed by atoms with Crippen LogP contribution in [0.2, 0.25) is 5.02 Å². The third kappa shape index (κ3) is 3.04. The van der Waals surface area contributed by atoms with Crippen LogP contribution in [0.5, 0.6) is 0 Å². The number of fused-ring (bicyclic) bond motifs is 1.